The molecule has 3 saturated carbocycles. The Hall–Kier alpha value is -2.70. The van der Waals surface area contributed by atoms with Crippen LogP contribution in [0, 0.1) is 28.6 Å². The second kappa shape index (κ2) is 14.5. The fourth-order valence-electron chi connectivity index (χ4n) is 13.0. The average molecular weight is 769 g/mol. The smallest absolute Gasteiger partial charge is 0.312 e. The molecular formula is C50H72O6. The van der Waals surface area contributed by atoms with Crippen LogP contribution in [0.3, 0.4) is 0 Å². The zero-order chi connectivity index (χ0) is 40.6. The van der Waals surface area contributed by atoms with E-state index in [9.17, 15) is 19.8 Å². The van der Waals surface area contributed by atoms with Crippen molar-refractivity contribution in [2.75, 3.05) is 6.61 Å². The van der Waals surface area contributed by atoms with E-state index in [1.165, 1.54) is 33.4 Å². The van der Waals surface area contributed by atoms with E-state index < -0.39 is 28.1 Å². The van der Waals surface area contributed by atoms with Gasteiger partial charge < -0.3 is 19.7 Å². The lowest BCUT2D eigenvalue weighted by molar-refractivity contribution is -0.199. The van der Waals surface area contributed by atoms with Gasteiger partial charge in [0.15, 0.2) is 0 Å². The summed E-state index contributed by atoms with van der Waals surface area (Å²) >= 11 is 0. The molecule has 2 N–H and O–H groups in total. The molecule has 56 heavy (non-hydrogen) atoms. The molecule has 2 aromatic carbocycles. The van der Waals surface area contributed by atoms with Crippen molar-refractivity contribution in [3.05, 3.63) is 69.8 Å². The van der Waals surface area contributed by atoms with Gasteiger partial charge in [-0.2, -0.15) is 0 Å². The van der Waals surface area contributed by atoms with Crippen LogP contribution >= 0.6 is 0 Å². The van der Waals surface area contributed by atoms with Gasteiger partial charge in [-0.3, -0.25) is 9.59 Å². The standard InChI is InChI=1S/C50H72O6/c1-31(2)33-13-17-38-35(27-33)15-19-40-45(38,5)22-11-24-47(40,7)43(51)55-30-50(10,54)37-21-26-49(9,53)42(29-37)56-44(52)48(8)25-12-23-46(6)39-18-14-34(32(3)4)28-36(39)16-20-41(46)48/h13-14,17-18,27-28,31-32,37,40-42,53-54H,11-12,15-16,19-26,29-30H2,1-10H3. The van der Waals surface area contributed by atoms with Gasteiger partial charge >= 0.3 is 11.9 Å². The fourth-order valence-corrected chi connectivity index (χ4v) is 13.0. The summed E-state index contributed by atoms with van der Waals surface area (Å²) in [6, 6.07) is 14.0. The molecule has 0 heterocycles. The highest BCUT2D eigenvalue weighted by molar-refractivity contribution is 5.78. The molecule has 2 aromatic rings. The Morgan fingerprint density at radius 2 is 1.21 bits per heavy atom. The van der Waals surface area contributed by atoms with Gasteiger partial charge in [0.2, 0.25) is 0 Å². The molecule has 6 nitrogen and oxygen atoms in total. The summed E-state index contributed by atoms with van der Waals surface area (Å²) < 4.78 is 12.6. The number of benzene rings is 2. The van der Waals surface area contributed by atoms with Crippen LogP contribution in [0.15, 0.2) is 36.4 Å². The molecule has 0 aliphatic heterocycles. The molecule has 0 bridgehead atoms. The first-order chi connectivity index (χ1) is 26.2. The topological polar surface area (TPSA) is 93.1 Å². The van der Waals surface area contributed by atoms with Gasteiger partial charge in [0.25, 0.3) is 0 Å². The van der Waals surface area contributed by atoms with Crippen LogP contribution in [0.5, 0.6) is 0 Å². The van der Waals surface area contributed by atoms with Crippen molar-refractivity contribution in [1.82, 2.24) is 0 Å². The van der Waals surface area contributed by atoms with Gasteiger partial charge in [-0.25, -0.2) is 0 Å². The van der Waals surface area contributed by atoms with Gasteiger partial charge in [-0.15, -0.1) is 0 Å². The molecule has 5 aliphatic rings. The fraction of sp³-hybridized carbons (Fsp3) is 0.720. The first-order valence-electron chi connectivity index (χ1n) is 22.3. The number of aliphatic hydroxyl groups is 2. The zero-order valence-electron chi connectivity index (χ0n) is 36.4. The van der Waals surface area contributed by atoms with E-state index in [1.54, 1.807) is 13.8 Å². The molecule has 0 aromatic heterocycles. The van der Waals surface area contributed by atoms with Crippen molar-refractivity contribution < 1.29 is 29.3 Å². The number of carbonyl (C=O) groups is 2. The van der Waals surface area contributed by atoms with Crippen LogP contribution < -0.4 is 0 Å². The quantitative estimate of drug-likeness (QED) is 0.260. The Balaban J connectivity index is 1.03. The summed E-state index contributed by atoms with van der Waals surface area (Å²) in [6.07, 6.45) is 9.83. The maximum absolute atomic E-state index is 14.5. The van der Waals surface area contributed by atoms with Crippen LogP contribution in [0.1, 0.15) is 185 Å². The van der Waals surface area contributed by atoms with E-state index in [1.807, 2.05) is 0 Å². The van der Waals surface area contributed by atoms with E-state index in [-0.39, 0.29) is 47.1 Å². The van der Waals surface area contributed by atoms with Gasteiger partial charge in [-0.1, -0.05) is 90.8 Å². The lowest BCUT2D eigenvalue weighted by Crippen LogP contribution is -2.57. The maximum Gasteiger partial charge on any atom is 0.312 e. The van der Waals surface area contributed by atoms with E-state index in [0.717, 1.165) is 64.2 Å². The predicted octanol–water partition coefficient (Wildman–Crippen LogP) is 10.4. The minimum Gasteiger partial charge on any atom is -0.462 e. The predicted molar refractivity (Wildman–Crippen MR) is 223 cm³/mol. The van der Waals surface area contributed by atoms with Crippen LogP contribution in [0.25, 0.3) is 0 Å². The first-order valence-corrected chi connectivity index (χ1v) is 22.3. The van der Waals surface area contributed by atoms with E-state index >= 15 is 0 Å². The summed E-state index contributed by atoms with van der Waals surface area (Å²) in [7, 11) is 0. The Labute approximate surface area is 337 Å². The van der Waals surface area contributed by atoms with E-state index in [4.69, 9.17) is 9.47 Å². The highest BCUT2D eigenvalue weighted by Gasteiger charge is 2.59. The molecule has 6 heteroatoms. The second-order valence-electron chi connectivity index (χ2n) is 21.4. The van der Waals surface area contributed by atoms with Crippen LogP contribution in [-0.2, 0) is 42.7 Å². The summed E-state index contributed by atoms with van der Waals surface area (Å²) in [4.78, 5) is 28.8. The number of fused-ring (bicyclic) bond motifs is 6. The maximum atomic E-state index is 14.5. The van der Waals surface area contributed by atoms with Crippen LogP contribution in [0.2, 0.25) is 0 Å². The third-order valence-corrected chi connectivity index (χ3v) is 16.8. The molecule has 0 saturated heterocycles. The minimum absolute atomic E-state index is 0.103. The Morgan fingerprint density at radius 1 is 0.732 bits per heavy atom. The lowest BCUT2D eigenvalue weighted by Gasteiger charge is -2.55. The number of rotatable bonds is 8. The Morgan fingerprint density at radius 3 is 1.70 bits per heavy atom. The number of esters is 2. The monoisotopic (exact) mass is 769 g/mol. The molecule has 0 amide bonds. The number of hydrogen-bond donors (Lipinski definition) is 2. The Bertz CT molecular complexity index is 1820. The summed E-state index contributed by atoms with van der Waals surface area (Å²) in [5.74, 6) is 0.496. The highest BCUT2D eigenvalue weighted by Crippen LogP contribution is 2.60. The van der Waals surface area contributed by atoms with Crippen LogP contribution in [-0.4, -0.2) is 46.1 Å². The van der Waals surface area contributed by atoms with Crippen molar-refractivity contribution in [3.8, 4) is 0 Å². The van der Waals surface area contributed by atoms with Crippen molar-refractivity contribution in [1.29, 1.82) is 0 Å². The molecule has 5 aliphatic carbocycles. The van der Waals surface area contributed by atoms with Crippen molar-refractivity contribution in [2.24, 2.45) is 28.6 Å². The third kappa shape index (κ3) is 6.89. The average Bonchev–Trinajstić information content (AvgIpc) is 3.13. The van der Waals surface area contributed by atoms with Gasteiger partial charge in [0, 0.05) is 0 Å². The van der Waals surface area contributed by atoms with Gasteiger partial charge in [-0.05, 0) is 172 Å². The zero-order valence-corrected chi connectivity index (χ0v) is 36.4. The number of ether oxygens (including phenoxy) is 2. The van der Waals surface area contributed by atoms with E-state index in [2.05, 4.69) is 91.8 Å². The number of carbonyl (C=O) groups excluding carboxylic acids is 2. The second-order valence-corrected chi connectivity index (χ2v) is 21.4. The van der Waals surface area contributed by atoms with Crippen molar-refractivity contribution in [2.45, 2.75) is 193 Å². The largest absolute Gasteiger partial charge is 0.462 e. The summed E-state index contributed by atoms with van der Waals surface area (Å²) in [5, 5.41) is 23.7. The molecule has 0 spiro atoms. The molecule has 3 fully saturated rings. The molecule has 7 rings (SSSR count). The van der Waals surface area contributed by atoms with Gasteiger partial charge in [0.05, 0.1) is 22.0 Å². The first kappa shape index (κ1) is 41.5. The molecule has 10 atom stereocenters. The summed E-state index contributed by atoms with van der Waals surface area (Å²) in [5.41, 5.74) is 4.25. The molecule has 10 unspecified atom stereocenters. The molecular weight excluding hydrogens is 697 g/mol. The SMILES string of the molecule is CC(C)c1ccc2c(c1)CCC1C(C)(C(=O)OCC(C)(O)C3CCC(C)(O)C(OC(=O)C4(C)CCCC5(C)c6ccc(C(C)C)cc6CCC45)C3)CCCC21C. The van der Waals surface area contributed by atoms with E-state index in [0.29, 0.717) is 31.1 Å². The molecule has 308 valence electrons. The third-order valence-electron chi connectivity index (χ3n) is 16.8. The Kier molecular flexibility index (Phi) is 10.8. The van der Waals surface area contributed by atoms with Crippen molar-refractivity contribution >= 4 is 11.9 Å². The van der Waals surface area contributed by atoms with Crippen LogP contribution in [0.4, 0.5) is 0 Å². The normalized spacial score (nSPS) is 37.8. The minimum atomic E-state index is -1.34. The highest BCUT2D eigenvalue weighted by atomic mass is 16.6. The molecule has 0 radical (unpaired) electrons. The van der Waals surface area contributed by atoms with Crippen molar-refractivity contribution in [3.63, 3.8) is 0 Å². The number of aryl methyl sites for hydroxylation is 2. The van der Waals surface area contributed by atoms with Gasteiger partial charge in [0.1, 0.15) is 12.7 Å². The lowest BCUT2D eigenvalue weighted by atomic mass is 9.49. The number of hydrogen-bond acceptors (Lipinski definition) is 6. The summed E-state index contributed by atoms with van der Waals surface area (Å²) in [6.45, 7) is 21.2.